The normalized spacial score (nSPS) is 11.5. The second-order valence-electron chi connectivity index (χ2n) is 1.92. The minimum atomic E-state index is -1.15. The fraction of sp³-hybridized carbons (Fsp3) is 0.500. The molecular formula is C6H9NO5. The Morgan fingerprint density at radius 1 is 1.58 bits per heavy atom. The van der Waals surface area contributed by atoms with Gasteiger partial charge in [0.25, 0.3) is 0 Å². The molecule has 2 N–H and O–H groups in total. The van der Waals surface area contributed by atoms with Gasteiger partial charge in [-0.05, 0) is 0 Å². The molecule has 0 aromatic heterocycles. The molecule has 0 rings (SSSR count). The van der Waals surface area contributed by atoms with Crippen molar-refractivity contribution in [1.29, 1.82) is 0 Å². The largest absolute Gasteiger partial charge is 0.469 e. The summed E-state index contributed by atoms with van der Waals surface area (Å²) in [6.07, 6.45) is -0.302. The molecule has 0 bridgehead atoms. The Balaban J connectivity index is 3.85. The van der Waals surface area contributed by atoms with E-state index in [2.05, 4.69) is 9.47 Å². The van der Waals surface area contributed by atoms with Crippen molar-refractivity contribution < 1.29 is 23.9 Å². The van der Waals surface area contributed by atoms with Crippen LogP contribution >= 0.6 is 0 Å². The lowest BCUT2D eigenvalue weighted by Gasteiger charge is -2.05. The van der Waals surface area contributed by atoms with Crippen LogP contribution in [0.5, 0.6) is 0 Å². The minimum absolute atomic E-state index is 0.0422. The zero-order valence-electron chi connectivity index (χ0n) is 6.48. The molecule has 0 unspecified atom stereocenters. The molecule has 0 aromatic carbocycles. The number of hydrogen-bond acceptors (Lipinski definition) is 6. The summed E-state index contributed by atoms with van der Waals surface area (Å²) >= 11 is 0. The van der Waals surface area contributed by atoms with Crippen molar-refractivity contribution in [2.75, 3.05) is 7.11 Å². The van der Waals surface area contributed by atoms with Gasteiger partial charge in [-0.3, -0.25) is 9.59 Å². The molecule has 0 aliphatic heterocycles. The molecule has 1 atom stereocenters. The lowest BCUT2D eigenvalue weighted by atomic mass is 10.2. The van der Waals surface area contributed by atoms with E-state index < -0.39 is 18.0 Å². The minimum Gasteiger partial charge on any atom is -0.469 e. The van der Waals surface area contributed by atoms with Gasteiger partial charge in [-0.25, -0.2) is 4.79 Å². The molecule has 0 heterocycles. The molecule has 6 heteroatoms. The predicted molar refractivity (Wildman–Crippen MR) is 36.8 cm³/mol. The summed E-state index contributed by atoms with van der Waals surface area (Å²) in [6.45, 7) is -0.0422. The van der Waals surface area contributed by atoms with E-state index in [1.54, 1.807) is 0 Å². The van der Waals surface area contributed by atoms with Crippen LogP contribution in [-0.2, 0) is 23.9 Å². The van der Waals surface area contributed by atoms with Gasteiger partial charge in [-0.15, -0.1) is 0 Å². The number of carbonyl (C=O) groups is 3. The first-order valence-electron chi connectivity index (χ1n) is 3.08. The lowest BCUT2D eigenvalue weighted by molar-refractivity contribution is -0.155. The predicted octanol–water partition coefficient (Wildman–Crippen LogP) is -1.42. The number of methoxy groups -OCH3 is 1. The summed E-state index contributed by atoms with van der Waals surface area (Å²) < 4.78 is 8.13. The monoisotopic (exact) mass is 175 g/mol. The van der Waals surface area contributed by atoms with Crippen LogP contribution in [0.1, 0.15) is 6.42 Å². The van der Waals surface area contributed by atoms with E-state index in [1.807, 2.05) is 0 Å². The molecule has 0 amide bonds. The van der Waals surface area contributed by atoms with Gasteiger partial charge in [0.2, 0.25) is 0 Å². The Hall–Kier alpha value is -1.43. The van der Waals surface area contributed by atoms with E-state index >= 15 is 0 Å². The molecular weight excluding hydrogens is 166 g/mol. The molecule has 0 saturated carbocycles. The van der Waals surface area contributed by atoms with Crippen LogP contribution < -0.4 is 5.73 Å². The summed E-state index contributed by atoms with van der Waals surface area (Å²) in [5.74, 6) is -1.58. The van der Waals surface area contributed by atoms with Gasteiger partial charge in [0.15, 0.2) is 0 Å². The number of rotatable bonds is 4. The maximum atomic E-state index is 10.6. The van der Waals surface area contributed by atoms with Crippen LogP contribution in [0.2, 0.25) is 0 Å². The zero-order valence-corrected chi connectivity index (χ0v) is 6.48. The van der Waals surface area contributed by atoms with Crippen LogP contribution in [0.4, 0.5) is 0 Å². The maximum absolute atomic E-state index is 10.6. The Bertz CT molecular complexity index is 190. The van der Waals surface area contributed by atoms with Crippen LogP contribution in [-0.4, -0.2) is 31.6 Å². The van der Waals surface area contributed by atoms with Crippen molar-refractivity contribution in [3.05, 3.63) is 0 Å². The van der Waals surface area contributed by atoms with E-state index in [4.69, 9.17) is 5.73 Å². The summed E-state index contributed by atoms with van der Waals surface area (Å²) in [5.41, 5.74) is 5.15. The Morgan fingerprint density at radius 2 is 2.17 bits per heavy atom. The summed E-state index contributed by atoms with van der Waals surface area (Å²) in [6, 6.07) is -1.15. The van der Waals surface area contributed by atoms with Crippen LogP contribution in [0.25, 0.3) is 0 Å². The molecule has 0 spiro atoms. The van der Waals surface area contributed by atoms with Crippen LogP contribution in [0.3, 0.4) is 0 Å². The Morgan fingerprint density at radius 3 is 2.58 bits per heavy atom. The van der Waals surface area contributed by atoms with Crippen molar-refractivity contribution >= 4 is 18.4 Å². The molecule has 68 valence electrons. The molecule has 0 aromatic rings. The third kappa shape index (κ3) is 3.67. The first kappa shape index (κ1) is 10.6. The highest BCUT2D eigenvalue weighted by atomic mass is 16.6. The highest BCUT2D eigenvalue weighted by molar-refractivity contribution is 5.85. The van der Waals surface area contributed by atoms with Crippen LogP contribution in [0.15, 0.2) is 0 Å². The van der Waals surface area contributed by atoms with Gasteiger partial charge >= 0.3 is 18.4 Å². The summed E-state index contributed by atoms with van der Waals surface area (Å²) in [7, 11) is 1.17. The van der Waals surface area contributed by atoms with Crippen molar-refractivity contribution in [3.63, 3.8) is 0 Å². The average Bonchev–Trinajstić information content (AvgIpc) is 2.04. The molecule has 6 nitrogen and oxygen atoms in total. The van der Waals surface area contributed by atoms with Crippen molar-refractivity contribution in [3.8, 4) is 0 Å². The zero-order chi connectivity index (χ0) is 9.56. The van der Waals surface area contributed by atoms with Gasteiger partial charge in [-0.1, -0.05) is 0 Å². The van der Waals surface area contributed by atoms with Gasteiger partial charge in [0.1, 0.15) is 6.04 Å². The number of carbonyl (C=O) groups excluding carboxylic acids is 3. The van der Waals surface area contributed by atoms with E-state index in [-0.39, 0.29) is 12.9 Å². The fourth-order valence-corrected chi connectivity index (χ4v) is 0.481. The van der Waals surface area contributed by atoms with Crippen molar-refractivity contribution in [1.82, 2.24) is 0 Å². The lowest BCUT2D eigenvalue weighted by Crippen LogP contribution is -2.34. The highest BCUT2D eigenvalue weighted by Gasteiger charge is 2.18. The first-order chi connectivity index (χ1) is 5.61. The number of esters is 2. The molecule has 12 heavy (non-hydrogen) atoms. The smallest absolute Gasteiger partial charge is 0.330 e. The maximum Gasteiger partial charge on any atom is 0.330 e. The number of nitrogens with two attached hydrogens (primary N) is 1. The molecule has 0 saturated heterocycles. The Labute approximate surface area is 68.6 Å². The van der Waals surface area contributed by atoms with Crippen LogP contribution in [0, 0.1) is 0 Å². The number of hydrogen-bond donors (Lipinski definition) is 1. The molecule has 0 radical (unpaired) electrons. The standard InChI is InChI=1S/C6H9NO5/c1-11-5(9)2-4(7)6(10)12-3-8/h3-4H,2,7H2,1H3/t4-/m0/s1. The molecule has 0 aliphatic carbocycles. The first-order valence-corrected chi connectivity index (χ1v) is 3.08. The fourth-order valence-electron chi connectivity index (χ4n) is 0.481. The molecule has 0 fully saturated rings. The quantitative estimate of drug-likeness (QED) is 0.320. The second-order valence-corrected chi connectivity index (χ2v) is 1.92. The van der Waals surface area contributed by atoms with Gasteiger partial charge in [0.05, 0.1) is 13.5 Å². The summed E-state index contributed by atoms with van der Waals surface area (Å²) in [5, 5.41) is 0. The highest BCUT2D eigenvalue weighted by Crippen LogP contribution is 1.92. The third-order valence-electron chi connectivity index (χ3n) is 1.08. The SMILES string of the molecule is COC(=O)C[C@H](N)C(=O)OC=O. The van der Waals surface area contributed by atoms with Gasteiger partial charge in [0, 0.05) is 0 Å². The van der Waals surface area contributed by atoms with Gasteiger partial charge in [-0.2, -0.15) is 0 Å². The summed E-state index contributed by atoms with van der Waals surface area (Å²) in [4.78, 5) is 30.8. The number of ether oxygens (including phenoxy) is 2. The van der Waals surface area contributed by atoms with E-state index in [1.165, 1.54) is 7.11 Å². The third-order valence-corrected chi connectivity index (χ3v) is 1.08. The topological polar surface area (TPSA) is 95.7 Å². The second kappa shape index (κ2) is 5.25. The van der Waals surface area contributed by atoms with E-state index in [0.717, 1.165) is 0 Å². The van der Waals surface area contributed by atoms with Gasteiger partial charge < -0.3 is 15.2 Å². The molecule has 0 aliphatic rings. The Kier molecular flexibility index (Phi) is 4.62. The van der Waals surface area contributed by atoms with E-state index in [9.17, 15) is 14.4 Å². The van der Waals surface area contributed by atoms with E-state index in [0.29, 0.717) is 0 Å². The van der Waals surface area contributed by atoms with Crippen molar-refractivity contribution in [2.45, 2.75) is 12.5 Å². The van der Waals surface area contributed by atoms with Crippen molar-refractivity contribution in [2.24, 2.45) is 5.73 Å². The average molecular weight is 175 g/mol.